The number of nitrogens with zero attached hydrogens (tertiary/aromatic N) is 2. The number of aromatic hydroxyl groups is 1. The molecule has 0 bridgehead atoms. The predicted octanol–water partition coefficient (Wildman–Crippen LogP) is 3.71. The lowest BCUT2D eigenvalue weighted by Gasteiger charge is -2.19. The SMILES string of the molecule is CN(c1ccc(O)cc1)c1ccc2ncccc2c1. The monoisotopic (exact) mass is 250 g/mol. The lowest BCUT2D eigenvalue weighted by Crippen LogP contribution is -2.08. The third-order valence-corrected chi connectivity index (χ3v) is 3.21. The summed E-state index contributed by atoms with van der Waals surface area (Å²) in [4.78, 5) is 6.39. The van der Waals surface area contributed by atoms with Gasteiger partial charge >= 0.3 is 0 Å². The minimum Gasteiger partial charge on any atom is -0.508 e. The molecule has 3 heteroatoms. The first-order valence-corrected chi connectivity index (χ1v) is 6.11. The van der Waals surface area contributed by atoms with Gasteiger partial charge in [0.25, 0.3) is 0 Å². The summed E-state index contributed by atoms with van der Waals surface area (Å²) in [5.41, 5.74) is 3.11. The fourth-order valence-electron chi connectivity index (χ4n) is 2.10. The maximum absolute atomic E-state index is 9.32. The highest BCUT2D eigenvalue weighted by Gasteiger charge is 2.05. The number of fused-ring (bicyclic) bond motifs is 1. The van der Waals surface area contributed by atoms with Crippen molar-refractivity contribution < 1.29 is 5.11 Å². The van der Waals surface area contributed by atoms with E-state index in [9.17, 15) is 5.11 Å². The van der Waals surface area contributed by atoms with Gasteiger partial charge in [-0.3, -0.25) is 4.98 Å². The second kappa shape index (κ2) is 4.61. The molecule has 2 aromatic carbocycles. The molecule has 0 aliphatic carbocycles. The lowest BCUT2D eigenvalue weighted by molar-refractivity contribution is 0.475. The fourth-order valence-corrected chi connectivity index (χ4v) is 2.10. The van der Waals surface area contributed by atoms with E-state index in [0.29, 0.717) is 0 Å². The van der Waals surface area contributed by atoms with E-state index in [1.165, 1.54) is 0 Å². The minimum absolute atomic E-state index is 0.278. The summed E-state index contributed by atoms with van der Waals surface area (Å²) >= 11 is 0. The summed E-state index contributed by atoms with van der Waals surface area (Å²) in [5, 5.41) is 10.4. The largest absolute Gasteiger partial charge is 0.508 e. The third kappa shape index (κ3) is 2.22. The van der Waals surface area contributed by atoms with Crippen molar-refractivity contribution in [2.75, 3.05) is 11.9 Å². The zero-order chi connectivity index (χ0) is 13.2. The Morgan fingerprint density at radius 1 is 0.947 bits per heavy atom. The molecule has 94 valence electrons. The molecule has 0 saturated carbocycles. The van der Waals surface area contributed by atoms with Crippen molar-refractivity contribution >= 4 is 22.3 Å². The van der Waals surface area contributed by atoms with E-state index in [0.717, 1.165) is 22.3 Å². The molecule has 0 aliphatic heterocycles. The van der Waals surface area contributed by atoms with Gasteiger partial charge in [-0.25, -0.2) is 0 Å². The molecule has 3 aromatic rings. The fraction of sp³-hybridized carbons (Fsp3) is 0.0625. The van der Waals surface area contributed by atoms with Gasteiger partial charge in [-0.15, -0.1) is 0 Å². The van der Waals surface area contributed by atoms with E-state index in [-0.39, 0.29) is 5.75 Å². The van der Waals surface area contributed by atoms with E-state index >= 15 is 0 Å². The standard InChI is InChI=1S/C16H14N2O/c1-18(13-4-7-15(19)8-5-13)14-6-9-16-12(11-14)3-2-10-17-16/h2-11,19H,1H3. The molecular weight excluding hydrogens is 236 g/mol. The van der Waals surface area contributed by atoms with Gasteiger partial charge < -0.3 is 10.0 Å². The van der Waals surface area contributed by atoms with Gasteiger partial charge in [-0.2, -0.15) is 0 Å². The number of rotatable bonds is 2. The molecule has 0 radical (unpaired) electrons. The molecule has 0 saturated heterocycles. The molecule has 1 aromatic heterocycles. The Morgan fingerprint density at radius 3 is 2.47 bits per heavy atom. The van der Waals surface area contributed by atoms with Gasteiger partial charge in [0.2, 0.25) is 0 Å². The Morgan fingerprint density at radius 2 is 1.68 bits per heavy atom. The van der Waals surface area contributed by atoms with Crippen LogP contribution in [0.3, 0.4) is 0 Å². The van der Waals surface area contributed by atoms with Gasteiger partial charge in [0.05, 0.1) is 5.52 Å². The lowest BCUT2D eigenvalue weighted by atomic mass is 10.2. The highest BCUT2D eigenvalue weighted by molar-refractivity contribution is 5.83. The molecule has 19 heavy (non-hydrogen) atoms. The van der Waals surface area contributed by atoms with E-state index in [1.807, 2.05) is 37.4 Å². The first-order chi connectivity index (χ1) is 9.24. The quantitative estimate of drug-likeness (QED) is 0.753. The van der Waals surface area contributed by atoms with Crippen LogP contribution in [-0.4, -0.2) is 17.1 Å². The van der Waals surface area contributed by atoms with Crippen LogP contribution in [0.4, 0.5) is 11.4 Å². The molecule has 1 N–H and O–H groups in total. The molecule has 0 spiro atoms. The number of pyridine rings is 1. The molecule has 0 atom stereocenters. The Hall–Kier alpha value is -2.55. The third-order valence-electron chi connectivity index (χ3n) is 3.21. The summed E-state index contributed by atoms with van der Waals surface area (Å²) in [6, 6.07) is 17.3. The molecule has 3 rings (SSSR count). The van der Waals surface area contributed by atoms with Crippen LogP contribution in [0.2, 0.25) is 0 Å². The summed E-state index contributed by atoms with van der Waals surface area (Å²) in [7, 11) is 2.00. The van der Waals surface area contributed by atoms with E-state index in [1.54, 1.807) is 18.3 Å². The van der Waals surface area contributed by atoms with Crippen LogP contribution >= 0.6 is 0 Å². The number of aromatic nitrogens is 1. The van der Waals surface area contributed by atoms with Crippen LogP contribution in [0.5, 0.6) is 5.75 Å². The van der Waals surface area contributed by atoms with Crippen LogP contribution < -0.4 is 4.90 Å². The zero-order valence-electron chi connectivity index (χ0n) is 10.6. The van der Waals surface area contributed by atoms with Gasteiger partial charge in [0.15, 0.2) is 0 Å². The second-order valence-electron chi connectivity index (χ2n) is 4.46. The van der Waals surface area contributed by atoms with Crippen LogP contribution in [0.1, 0.15) is 0 Å². The number of benzene rings is 2. The first-order valence-electron chi connectivity index (χ1n) is 6.11. The first kappa shape index (κ1) is 11.5. The molecule has 0 amide bonds. The average Bonchev–Trinajstić information content (AvgIpc) is 2.47. The number of hydrogen-bond acceptors (Lipinski definition) is 3. The topological polar surface area (TPSA) is 36.4 Å². The maximum atomic E-state index is 9.32. The number of phenols is 1. The summed E-state index contributed by atoms with van der Waals surface area (Å²) in [6.45, 7) is 0. The molecule has 0 aliphatic rings. The summed E-state index contributed by atoms with van der Waals surface area (Å²) < 4.78 is 0. The van der Waals surface area contributed by atoms with E-state index in [2.05, 4.69) is 22.0 Å². The van der Waals surface area contributed by atoms with E-state index in [4.69, 9.17) is 0 Å². The Bertz CT molecular complexity index is 707. The highest BCUT2D eigenvalue weighted by Crippen LogP contribution is 2.27. The Balaban J connectivity index is 2.01. The van der Waals surface area contributed by atoms with E-state index < -0.39 is 0 Å². The maximum Gasteiger partial charge on any atom is 0.115 e. The number of anilines is 2. The molecule has 1 heterocycles. The van der Waals surface area contributed by atoms with Crippen molar-refractivity contribution in [3.05, 3.63) is 60.8 Å². The van der Waals surface area contributed by atoms with Crippen molar-refractivity contribution in [3.8, 4) is 5.75 Å². The molecular formula is C16H14N2O. The van der Waals surface area contributed by atoms with Crippen LogP contribution in [0.15, 0.2) is 60.8 Å². The Kier molecular flexibility index (Phi) is 2.80. The van der Waals surface area contributed by atoms with Crippen LogP contribution in [0.25, 0.3) is 10.9 Å². The van der Waals surface area contributed by atoms with Crippen molar-refractivity contribution in [1.82, 2.24) is 4.98 Å². The molecule has 0 fully saturated rings. The summed E-state index contributed by atoms with van der Waals surface area (Å²) in [5.74, 6) is 0.278. The zero-order valence-corrected chi connectivity index (χ0v) is 10.6. The molecule has 3 nitrogen and oxygen atoms in total. The van der Waals surface area contributed by atoms with Crippen molar-refractivity contribution in [3.63, 3.8) is 0 Å². The van der Waals surface area contributed by atoms with Crippen molar-refractivity contribution in [2.45, 2.75) is 0 Å². The highest BCUT2D eigenvalue weighted by atomic mass is 16.3. The number of hydrogen-bond donors (Lipinski definition) is 1. The predicted molar refractivity (Wildman–Crippen MR) is 77.9 cm³/mol. The second-order valence-corrected chi connectivity index (χ2v) is 4.46. The Labute approximate surface area is 111 Å². The minimum atomic E-state index is 0.278. The summed E-state index contributed by atoms with van der Waals surface area (Å²) in [6.07, 6.45) is 1.80. The smallest absolute Gasteiger partial charge is 0.115 e. The molecule has 0 unspecified atom stereocenters. The van der Waals surface area contributed by atoms with Gasteiger partial charge in [-0.1, -0.05) is 6.07 Å². The van der Waals surface area contributed by atoms with Crippen LogP contribution in [0, 0.1) is 0 Å². The van der Waals surface area contributed by atoms with Gasteiger partial charge in [0.1, 0.15) is 5.75 Å². The number of phenolic OH excluding ortho intramolecular Hbond substituents is 1. The van der Waals surface area contributed by atoms with Gasteiger partial charge in [0, 0.05) is 30.0 Å². The van der Waals surface area contributed by atoms with Crippen LogP contribution in [-0.2, 0) is 0 Å². The normalized spacial score (nSPS) is 10.6. The van der Waals surface area contributed by atoms with Crippen molar-refractivity contribution in [2.24, 2.45) is 0 Å². The van der Waals surface area contributed by atoms with Gasteiger partial charge in [-0.05, 0) is 48.5 Å². The van der Waals surface area contributed by atoms with Crippen molar-refractivity contribution in [1.29, 1.82) is 0 Å². The average molecular weight is 250 g/mol.